The van der Waals surface area contributed by atoms with Gasteiger partial charge < -0.3 is 9.64 Å². The summed E-state index contributed by atoms with van der Waals surface area (Å²) in [6.45, 7) is 3.43. The maximum atomic E-state index is 5.83. The van der Waals surface area contributed by atoms with Crippen molar-refractivity contribution in [2.24, 2.45) is 0 Å². The lowest BCUT2D eigenvalue weighted by Gasteiger charge is -2.24. The highest BCUT2D eigenvalue weighted by molar-refractivity contribution is 5.36. The monoisotopic (exact) mass is 274 g/mol. The zero-order valence-electron chi connectivity index (χ0n) is 11.7. The van der Waals surface area contributed by atoms with Crippen molar-refractivity contribution in [2.75, 3.05) is 25.1 Å². The average Bonchev–Trinajstić information content (AvgIpc) is 3.09. The van der Waals surface area contributed by atoms with Crippen LogP contribution in [-0.2, 0) is 4.74 Å². The van der Waals surface area contributed by atoms with Crippen molar-refractivity contribution >= 4 is 5.82 Å². The Morgan fingerprint density at radius 2 is 2.30 bits per heavy atom. The lowest BCUT2D eigenvalue weighted by Crippen LogP contribution is -2.32. The van der Waals surface area contributed by atoms with E-state index in [0.29, 0.717) is 0 Å². The number of hydrogen-bond acceptors (Lipinski definition) is 6. The topological polar surface area (TPSA) is 79.8 Å². The molecule has 0 spiro atoms. The van der Waals surface area contributed by atoms with Crippen LogP contribution in [0.4, 0.5) is 5.82 Å². The lowest BCUT2D eigenvalue weighted by molar-refractivity contribution is 0.108. The van der Waals surface area contributed by atoms with Crippen LogP contribution in [0.3, 0.4) is 0 Å². The standard InChI is InChI=1S/C13H18N6O/c1-9-3-4-12(17-16-9)19(2)7-11-10(5-6-20-11)13-14-8-15-18-13/h3-4,8,10-11H,5-7H2,1-2H3,(H,14,15,18)/t10-,11-/m1/s1. The van der Waals surface area contributed by atoms with E-state index < -0.39 is 0 Å². The van der Waals surface area contributed by atoms with Gasteiger partial charge in [-0.2, -0.15) is 10.2 Å². The van der Waals surface area contributed by atoms with E-state index in [0.717, 1.165) is 36.9 Å². The molecular weight excluding hydrogens is 256 g/mol. The van der Waals surface area contributed by atoms with Crippen LogP contribution in [0.15, 0.2) is 18.5 Å². The predicted molar refractivity (Wildman–Crippen MR) is 73.5 cm³/mol. The van der Waals surface area contributed by atoms with E-state index in [1.807, 2.05) is 26.1 Å². The Hall–Kier alpha value is -2.02. The van der Waals surface area contributed by atoms with Crippen molar-refractivity contribution in [3.05, 3.63) is 30.0 Å². The fourth-order valence-corrected chi connectivity index (χ4v) is 2.49. The van der Waals surface area contributed by atoms with E-state index in [9.17, 15) is 0 Å². The second kappa shape index (κ2) is 5.54. The molecule has 1 fully saturated rings. The summed E-state index contributed by atoms with van der Waals surface area (Å²) in [5.41, 5.74) is 0.916. The molecule has 0 unspecified atom stereocenters. The summed E-state index contributed by atoms with van der Waals surface area (Å²) in [6, 6.07) is 3.93. The second-order valence-electron chi connectivity index (χ2n) is 5.09. The molecule has 2 aromatic heterocycles. The van der Waals surface area contributed by atoms with Crippen LogP contribution in [0.5, 0.6) is 0 Å². The molecule has 0 saturated carbocycles. The van der Waals surface area contributed by atoms with Crippen molar-refractivity contribution in [3.8, 4) is 0 Å². The number of aromatic nitrogens is 5. The smallest absolute Gasteiger partial charge is 0.151 e. The van der Waals surface area contributed by atoms with Gasteiger partial charge in [-0.1, -0.05) is 0 Å². The molecule has 0 aromatic carbocycles. The van der Waals surface area contributed by atoms with Crippen molar-refractivity contribution in [2.45, 2.75) is 25.4 Å². The van der Waals surface area contributed by atoms with Gasteiger partial charge in [-0.15, -0.1) is 5.10 Å². The van der Waals surface area contributed by atoms with Gasteiger partial charge in [0.1, 0.15) is 12.2 Å². The minimum Gasteiger partial charge on any atom is -0.376 e. The molecule has 3 rings (SSSR count). The summed E-state index contributed by atoms with van der Waals surface area (Å²) in [5.74, 6) is 2.01. The summed E-state index contributed by atoms with van der Waals surface area (Å²) in [5, 5.41) is 15.1. The van der Waals surface area contributed by atoms with Gasteiger partial charge in [0.05, 0.1) is 11.8 Å². The number of aromatic amines is 1. The molecule has 0 aliphatic carbocycles. The molecule has 2 aromatic rings. The molecular formula is C13H18N6O. The van der Waals surface area contributed by atoms with Crippen LogP contribution in [0, 0.1) is 6.92 Å². The fraction of sp³-hybridized carbons (Fsp3) is 0.538. The summed E-state index contributed by atoms with van der Waals surface area (Å²) in [6.07, 6.45) is 2.60. The summed E-state index contributed by atoms with van der Waals surface area (Å²) in [7, 11) is 2.00. The van der Waals surface area contributed by atoms with E-state index in [2.05, 4.69) is 30.3 Å². The molecule has 0 bridgehead atoms. The number of rotatable bonds is 4. The Morgan fingerprint density at radius 1 is 1.40 bits per heavy atom. The third kappa shape index (κ3) is 2.62. The Bertz CT molecular complexity index is 540. The molecule has 2 atom stereocenters. The van der Waals surface area contributed by atoms with Crippen LogP contribution in [0.1, 0.15) is 23.9 Å². The van der Waals surface area contributed by atoms with E-state index >= 15 is 0 Å². The Morgan fingerprint density at radius 3 is 3.00 bits per heavy atom. The first-order valence-electron chi connectivity index (χ1n) is 6.72. The van der Waals surface area contributed by atoms with Gasteiger partial charge in [0.2, 0.25) is 0 Å². The van der Waals surface area contributed by atoms with Gasteiger partial charge in [0.15, 0.2) is 5.82 Å². The third-order valence-electron chi connectivity index (χ3n) is 3.62. The number of aryl methyl sites for hydroxylation is 1. The largest absolute Gasteiger partial charge is 0.376 e. The van der Waals surface area contributed by atoms with Gasteiger partial charge in [-0.25, -0.2) is 4.98 Å². The number of ether oxygens (including phenoxy) is 1. The quantitative estimate of drug-likeness (QED) is 0.892. The van der Waals surface area contributed by atoms with Crippen molar-refractivity contribution in [3.63, 3.8) is 0 Å². The molecule has 0 radical (unpaired) electrons. The summed E-state index contributed by atoms with van der Waals surface area (Å²) < 4.78 is 5.83. The van der Waals surface area contributed by atoms with Crippen molar-refractivity contribution in [1.29, 1.82) is 0 Å². The third-order valence-corrected chi connectivity index (χ3v) is 3.62. The van der Waals surface area contributed by atoms with Crippen LogP contribution in [-0.4, -0.2) is 51.7 Å². The van der Waals surface area contributed by atoms with Crippen LogP contribution >= 0.6 is 0 Å². The Balaban J connectivity index is 1.68. The molecule has 7 heteroatoms. The first-order valence-corrected chi connectivity index (χ1v) is 6.72. The highest BCUT2D eigenvalue weighted by Crippen LogP contribution is 2.29. The van der Waals surface area contributed by atoms with Gasteiger partial charge >= 0.3 is 0 Å². The number of hydrogen-bond donors (Lipinski definition) is 1. The summed E-state index contributed by atoms with van der Waals surface area (Å²) >= 11 is 0. The highest BCUT2D eigenvalue weighted by Gasteiger charge is 2.32. The van der Waals surface area contributed by atoms with E-state index in [4.69, 9.17) is 4.74 Å². The van der Waals surface area contributed by atoms with Crippen LogP contribution < -0.4 is 4.90 Å². The molecule has 1 aliphatic heterocycles. The SMILES string of the molecule is Cc1ccc(N(C)C[C@H]2OCC[C@H]2c2ncn[nH]2)nn1. The molecule has 1 N–H and O–H groups in total. The molecule has 20 heavy (non-hydrogen) atoms. The number of nitrogens with one attached hydrogen (secondary N) is 1. The predicted octanol–water partition coefficient (Wildman–Crippen LogP) is 0.912. The van der Waals surface area contributed by atoms with Gasteiger partial charge in [-0.3, -0.25) is 5.10 Å². The minimum atomic E-state index is 0.0936. The molecule has 7 nitrogen and oxygen atoms in total. The number of likely N-dealkylation sites (N-methyl/N-ethyl adjacent to an activating group) is 1. The normalized spacial score (nSPS) is 22.1. The molecule has 1 aliphatic rings. The van der Waals surface area contributed by atoms with E-state index in [1.165, 1.54) is 0 Å². The Labute approximate surface area is 117 Å². The molecule has 1 saturated heterocycles. The fourth-order valence-electron chi connectivity index (χ4n) is 2.49. The van der Waals surface area contributed by atoms with Crippen LogP contribution in [0.25, 0.3) is 0 Å². The van der Waals surface area contributed by atoms with Gasteiger partial charge in [-0.05, 0) is 25.5 Å². The van der Waals surface area contributed by atoms with Gasteiger partial charge in [0.25, 0.3) is 0 Å². The molecule has 106 valence electrons. The molecule has 0 amide bonds. The number of anilines is 1. The van der Waals surface area contributed by atoms with Crippen molar-refractivity contribution < 1.29 is 4.74 Å². The Kier molecular flexibility index (Phi) is 3.60. The zero-order chi connectivity index (χ0) is 13.9. The summed E-state index contributed by atoms with van der Waals surface area (Å²) in [4.78, 5) is 6.31. The first kappa shape index (κ1) is 13.0. The van der Waals surface area contributed by atoms with Gasteiger partial charge in [0, 0.05) is 26.1 Å². The minimum absolute atomic E-state index is 0.0936. The second-order valence-corrected chi connectivity index (χ2v) is 5.09. The lowest BCUT2D eigenvalue weighted by atomic mass is 10.0. The maximum Gasteiger partial charge on any atom is 0.151 e. The number of nitrogens with zero attached hydrogens (tertiary/aromatic N) is 5. The van der Waals surface area contributed by atoms with Crippen LogP contribution in [0.2, 0.25) is 0 Å². The average molecular weight is 274 g/mol. The van der Waals surface area contributed by atoms with E-state index in [1.54, 1.807) is 6.33 Å². The molecule has 3 heterocycles. The first-order chi connectivity index (χ1) is 9.74. The zero-order valence-corrected chi connectivity index (χ0v) is 11.7. The highest BCUT2D eigenvalue weighted by atomic mass is 16.5. The van der Waals surface area contributed by atoms with Crippen molar-refractivity contribution in [1.82, 2.24) is 25.4 Å². The van der Waals surface area contributed by atoms with E-state index in [-0.39, 0.29) is 12.0 Å². The maximum absolute atomic E-state index is 5.83. The number of H-pyrrole nitrogens is 1.